The number of benzene rings is 2. The van der Waals surface area contributed by atoms with E-state index in [2.05, 4.69) is 5.43 Å². The van der Waals surface area contributed by atoms with Crippen LogP contribution in [0.25, 0.3) is 21.3 Å². The van der Waals surface area contributed by atoms with Crippen molar-refractivity contribution in [2.45, 2.75) is 19.8 Å². The SMILES string of the molecule is Cc1ccc2c(Cl)c(C(=O)Nn3c(CCC(=O)O)ccc3-c3ccc(Cl)cc3)sc2c1. The minimum absolute atomic E-state index is 0.0527. The summed E-state index contributed by atoms with van der Waals surface area (Å²) in [5, 5.41) is 10.9. The second-order valence-electron chi connectivity index (χ2n) is 7.13. The molecule has 2 aromatic carbocycles. The lowest BCUT2D eigenvalue weighted by atomic mass is 10.1. The van der Waals surface area contributed by atoms with Crippen molar-refractivity contribution in [2.24, 2.45) is 0 Å². The van der Waals surface area contributed by atoms with Crippen LogP contribution < -0.4 is 5.43 Å². The molecule has 31 heavy (non-hydrogen) atoms. The number of thiophene rings is 1. The highest BCUT2D eigenvalue weighted by Crippen LogP contribution is 2.36. The molecule has 0 saturated carbocycles. The van der Waals surface area contributed by atoms with Gasteiger partial charge in [0, 0.05) is 32.8 Å². The Balaban J connectivity index is 1.72. The molecule has 4 aromatic rings. The lowest BCUT2D eigenvalue weighted by molar-refractivity contribution is -0.136. The molecule has 0 aliphatic heterocycles. The molecule has 0 fully saturated rings. The molecule has 4 rings (SSSR count). The summed E-state index contributed by atoms with van der Waals surface area (Å²) >= 11 is 13.8. The van der Waals surface area contributed by atoms with Gasteiger partial charge in [-0.05, 0) is 42.8 Å². The van der Waals surface area contributed by atoms with Gasteiger partial charge in [-0.1, -0.05) is 47.5 Å². The normalized spacial score (nSPS) is 11.1. The van der Waals surface area contributed by atoms with E-state index in [0.29, 0.717) is 20.6 Å². The monoisotopic (exact) mass is 472 g/mol. The fourth-order valence-electron chi connectivity index (χ4n) is 3.36. The number of carbonyl (C=O) groups excluding carboxylic acids is 1. The first-order valence-electron chi connectivity index (χ1n) is 9.52. The van der Waals surface area contributed by atoms with Gasteiger partial charge >= 0.3 is 5.97 Å². The Hall–Kier alpha value is -2.80. The van der Waals surface area contributed by atoms with Crippen molar-refractivity contribution < 1.29 is 14.7 Å². The summed E-state index contributed by atoms with van der Waals surface area (Å²) < 4.78 is 2.56. The average molecular weight is 473 g/mol. The van der Waals surface area contributed by atoms with E-state index in [4.69, 9.17) is 28.3 Å². The summed E-state index contributed by atoms with van der Waals surface area (Å²) in [5.41, 5.74) is 6.23. The van der Waals surface area contributed by atoms with Crippen molar-refractivity contribution in [1.82, 2.24) is 4.68 Å². The fourth-order valence-corrected chi connectivity index (χ4v) is 4.99. The number of aryl methyl sites for hydroxylation is 2. The average Bonchev–Trinajstić information content (AvgIpc) is 3.27. The number of carboxylic acids is 1. The lowest BCUT2D eigenvalue weighted by Crippen LogP contribution is -2.25. The van der Waals surface area contributed by atoms with Gasteiger partial charge in [0.1, 0.15) is 4.88 Å². The van der Waals surface area contributed by atoms with E-state index in [1.54, 1.807) is 16.8 Å². The lowest BCUT2D eigenvalue weighted by Gasteiger charge is -2.15. The van der Waals surface area contributed by atoms with Gasteiger partial charge in [-0.2, -0.15) is 0 Å². The van der Waals surface area contributed by atoms with E-state index in [-0.39, 0.29) is 18.7 Å². The van der Waals surface area contributed by atoms with Crippen LogP contribution in [0.3, 0.4) is 0 Å². The van der Waals surface area contributed by atoms with Gasteiger partial charge in [0.25, 0.3) is 5.91 Å². The Kier molecular flexibility index (Phi) is 6.05. The van der Waals surface area contributed by atoms with Crippen molar-refractivity contribution in [3.05, 3.63) is 80.8 Å². The van der Waals surface area contributed by atoms with Gasteiger partial charge in [-0.3, -0.25) is 19.7 Å². The molecule has 1 amide bonds. The van der Waals surface area contributed by atoms with Gasteiger partial charge in [0.15, 0.2) is 0 Å². The maximum absolute atomic E-state index is 13.2. The molecule has 0 saturated heterocycles. The smallest absolute Gasteiger partial charge is 0.303 e. The molecule has 2 aromatic heterocycles. The first-order valence-corrected chi connectivity index (χ1v) is 11.1. The minimum Gasteiger partial charge on any atom is -0.481 e. The highest BCUT2D eigenvalue weighted by molar-refractivity contribution is 7.21. The maximum atomic E-state index is 13.2. The Morgan fingerprint density at radius 3 is 2.52 bits per heavy atom. The Morgan fingerprint density at radius 1 is 1.06 bits per heavy atom. The van der Waals surface area contributed by atoms with E-state index in [9.17, 15) is 9.59 Å². The van der Waals surface area contributed by atoms with Gasteiger partial charge in [-0.25, -0.2) is 0 Å². The fraction of sp³-hybridized carbons (Fsp3) is 0.130. The van der Waals surface area contributed by atoms with E-state index in [1.807, 2.05) is 49.4 Å². The van der Waals surface area contributed by atoms with E-state index >= 15 is 0 Å². The third kappa shape index (κ3) is 4.46. The number of fused-ring (bicyclic) bond motifs is 1. The summed E-state index contributed by atoms with van der Waals surface area (Å²) in [5.74, 6) is -1.26. The van der Waals surface area contributed by atoms with Crippen molar-refractivity contribution in [3.8, 4) is 11.3 Å². The first-order chi connectivity index (χ1) is 14.8. The molecule has 0 unspecified atom stereocenters. The topological polar surface area (TPSA) is 71.3 Å². The van der Waals surface area contributed by atoms with Crippen LogP contribution in [0.1, 0.15) is 27.3 Å². The number of carboxylic acid groups (broad SMARTS) is 1. The standard InChI is InChI=1S/C23H18Cl2N2O3S/c1-13-2-9-17-19(12-13)31-22(21(17)25)23(30)26-27-16(8-11-20(28)29)7-10-18(27)14-3-5-15(24)6-4-14/h2-7,9-10,12H,8,11H2,1H3,(H,26,30)(H,28,29). The zero-order valence-electron chi connectivity index (χ0n) is 16.5. The molecule has 8 heteroatoms. The largest absolute Gasteiger partial charge is 0.481 e. The van der Waals surface area contributed by atoms with E-state index < -0.39 is 5.97 Å². The number of hydrogen-bond donors (Lipinski definition) is 2. The predicted octanol–water partition coefficient (Wildman–Crippen LogP) is 6.39. The molecule has 0 spiro atoms. The molecule has 2 heterocycles. The molecule has 0 aliphatic carbocycles. The van der Waals surface area contributed by atoms with Gasteiger partial charge in [-0.15, -0.1) is 11.3 Å². The third-order valence-electron chi connectivity index (χ3n) is 4.90. The van der Waals surface area contributed by atoms with Crippen LogP contribution >= 0.6 is 34.5 Å². The molecule has 0 radical (unpaired) electrons. The zero-order valence-corrected chi connectivity index (χ0v) is 18.8. The van der Waals surface area contributed by atoms with Crippen LogP contribution in [0.2, 0.25) is 10.0 Å². The Morgan fingerprint density at radius 2 is 1.81 bits per heavy atom. The van der Waals surface area contributed by atoms with Crippen LogP contribution in [0.15, 0.2) is 54.6 Å². The molecule has 158 valence electrons. The molecular weight excluding hydrogens is 455 g/mol. The van der Waals surface area contributed by atoms with Crippen molar-refractivity contribution in [3.63, 3.8) is 0 Å². The van der Waals surface area contributed by atoms with Gasteiger partial charge in [0.05, 0.1) is 17.1 Å². The van der Waals surface area contributed by atoms with Crippen molar-refractivity contribution >= 4 is 56.5 Å². The quantitative estimate of drug-likeness (QED) is 0.341. The molecule has 0 bridgehead atoms. The summed E-state index contributed by atoms with van der Waals surface area (Å²) in [6.07, 6.45) is 0.214. The summed E-state index contributed by atoms with van der Waals surface area (Å²) in [4.78, 5) is 24.7. The highest BCUT2D eigenvalue weighted by Gasteiger charge is 2.20. The highest BCUT2D eigenvalue weighted by atomic mass is 35.5. The van der Waals surface area contributed by atoms with Crippen LogP contribution in [0.5, 0.6) is 0 Å². The number of carbonyl (C=O) groups is 2. The summed E-state index contributed by atoms with van der Waals surface area (Å²) in [6.45, 7) is 1.99. The van der Waals surface area contributed by atoms with Gasteiger partial charge in [0.2, 0.25) is 0 Å². The van der Waals surface area contributed by atoms with E-state index in [1.165, 1.54) is 11.3 Å². The van der Waals surface area contributed by atoms with Crippen molar-refractivity contribution in [1.29, 1.82) is 0 Å². The third-order valence-corrected chi connectivity index (χ3v) is 6.81. The summed E-state index contributed by atoms with van der Waals surface area (Å²) in [6, 6.07) is 16.7. The van der Waals surface area contributed by atoms with Gasteiger partial charge < -0.3 is 5.11 Å². The Bertz CT molecular complexity index is 1290. The molecule has 0 atom stereocenters. The number of nitrogens with zero attached hydrogens (tertiary/aromatic N) is 1. The predicted molar refractivity (Wildman–Crippen MR) is 126 cm³/mol. The molecule has 5 nitrogen and oxygen atoms in total. The van der Waals surface area contributed by atoms with Crippen LogP contribution in [0.4, 0.5) is 0 Å². The van der Waals surface area contributed by atoms with Crippen LogP contribution in [0, 0.1) is 6.92 Å². The molecule has 2 N–H and O–H groups in total. The molecular formula is C23H18Cl2N2O3S. The maximum Gasteiger partial charge on any atom is 0.303 e. The number of amides is 1. The van der Waals surface area contributed by atoms with Crippen molar-refractivity contribution in [2.75, 3.05) is 5.43 Å². The second-order valence-corrected chi connectivity index (χ2v) is 9.00. The second kappa shape index (κ2) is 8.75. The van der Waals surface area contributed by atoms with E-state index in [0.717, 1.165) is 26.9 Å². The van der Waals surface area contributed by atoms with Crippen LogP contribution in [-0.2, 0) is 11.2 Å². The van der Waals surface area contributed by atoms with Crippen LogP contribution in [-0.4, -0.2) is 21.7 Å². The molecule has 0 aliphatic rings. The minimum atomic E-state index is -0.907. The Labute approximate surface area is 192 Å². The summed E-state index contributed by atoms with van der Waals surface area (Å²) in [7, 11) is 0. The zero-order chi connectivity index (χ0) is 22.1. The number of aliphatic carboxylic acids is 1. The number of aromatic nitrogens is 1. The number of rotatable bonds is 6. The number of hydrogen-bond acceptors (Lipinski definition) is 3. The first kappa shape index (κ1) is 21.4. The number of halogens is 2. The number of nitrogens with one attached hydrogen (secondary N) is 1.